The fraction of sp³-hybridized carbons (Fsp3) is 0.278. The molecule has 3 nitrogen and oxygen atoms in total. The fourth-order valence-electron chi connectivity index (χ4n) is 2.22. The van der Waals surface area contributed by atoms with Crippen LogP contribution in [0.3, 0.4) is 0 Å². The number of nitrogens with one attached hydrogen (secondary N) is 1. The van der Waals surface area contributed by atoms with Crippen LogP contribution < -0.4 is 10.1 Å². The highest BCUT2D eigenvalue weighted by Crippen LogP contribution is 2.26. The van der Waals surface area contributed by atoms with Gasteiger partial charge in [-0.25, -0.2) is 0 Å². The first-order valence-electron chi connectivity index (χ1n) is 7.31. The Morgan fingerprint density at radius 3 is 2.41 bits per heavy atom. The predicted molar refractivity (Wildman–Crippen MR) is 93.8 cm³/mol. The van der Waals surface area contributed by atoms with Crippen molar-refractivity contribution in [1.29, 1.82) is 0 Å². The molecule has 0 aliphatic rings. The van der Waals surface area contributed by atoms with Gasteiger partial charge in [0, 0.05) is 11.3 Å². The molecule has 0 saturated carbocycles. The summed E-state index contributed by atoms with van der Waals surface area (Å²) in [7, 11) is 0. The molecular formula is C18H20BrNO2. The number of rotatable bonds is 5. The molecule has 0 saturated heterocycles. The maximum Gasteiger partial charge on any atom is 0.255 e. The minimum Gasteiger partial charge on any atom is -0.492 e. The summed E-state index contributed by atoms with van der Waals surface area (Å²) < 4.78 is 6.38. The van der Waals surface area contributed by atoms with Crippen molar-refractivity contribution >= 4 is 27.5 Å². The zero-order chi connectivity index (χ0) is 16.1. The first kappa shape index (κ1) is 16.6. The highest BCUT2D eigenvalue weighted by molar-refractivity contribution is 9.10. The average molecular weight is 362 g/mol. The number of benzene rings is 2. The molecule has 2 aromatic rings. The summed E-state index contributed by atoms with van der Waals surface area (Å²) in [5.74, 6) is 0.623. The van der Waals surface area contributed by atoms with E-state index >= 15 is 0 Å². The number of carbonyl (C=O) groups excluding carboxylic acids is 1. The van der Waals surface area contributed by atoms with E-state index in [1.165, 1.54) is 0 Å². The molecule has 116 valence electrons. The largest absolute Gasteiger partial charge is 0.492 e. The van der Waals surface area contributed by atoms with Crippen molar-refractivity contribution in [3.63, 3.8) is 0 Å². The molecule has 2 aromatic carbocycles. The van der Waals surface area contributed by atoms with Gasteiger partial charge in [0.25, 0.3) is 5.91 Å². The second-order valence-corrected chi connectivity index (χ2v) is 6.18. The van der Waals surface area contributed by atoms with Gasteiger partial charge in [0.1, 0.15) is 5.75 Å². The van der Waals surface area contributed by atoms with E-state index in [-0.39, 0.29) is 5.91 Å². The molecular weight excluding hydrogens is 342 g/mol. The second-order valence-electron chi connectivity index (χ2n) is 5.32. The first-order chi connectivity index (χ1) is 10.5. The van der Waals surface area contributed by atoms with Gasteiger partial charge in [0.15, 0.2) is 0 Å². The molecule has 0 bridgehead atoms. The van der Waals surface area contributed by atoms with Gasteiger partial charge in [0.05, 0.1) is 11.1 Å². The van der Waals surface area contributed by atoms with Crippen LogP contribution in [0.25, 0.3) is 0 Å². The third-order valence-electron chi connectivity index (χ3n) is 3.14. The predicted octanol–water partition coefficient (Wildman–Crippen LogP) is 5.11. The van der Waals surface area contributed by atoms with Gasteiger partial charge in [-0.3, -0.25) is 4.79 Å². The zero-order valence-electron chi connectivity index (χ0n) is 13.1. The van der Waals surface area contributed by atoms with Gasteiger partial charge in [-0.2, -0.15) is 0 Å². The van der Waals surface area contributed by atoms with E-state index in [4.69, 9.17) is 4.74 Å². The third kappa shape index (κ3) is 4.34. The Kier molecular flexibility index (Phi) is 5.61. The van der Waals surface area contributed by atoms with Crippen LogP contribution in [0.15, 0.2) is 40.9 Å². The Balaban J connectivity index is 2.14. The van der Waals surface area contributed by atoms with E-state index in [1.807, 2.05) is 32.0 Å². The van der Waals surface area contributed by atoms with E-state index in [0.717, 1.165) is 33.5 Å². The van der Waals surface area contributed by atoms with Crippen molar-refractivity contribution in [3.8, 4) is 5.75 Å². The van der Waals surface area contributed by atoms with Gasteiger partial charge in [-0.05, 0) is 77.7 Å². The number of halogens is 1. The zero-order valence-corrected chi connectivity index (χ0v) is 14.7. The lowest BCUT2D eigenvalue weighted by Gasteiger charge is -2.10. The van der Waals surface area contributed by atoms with E-state index in [1.54, 1.807) is 12.1 Å². The molecule has 0 unspecified atom stereocenters. The van der Waals surface area contributed by atoms with E-state index in [0.29, 0.717) is 12.2 Å². The molecule has 0 heterocycles. The molecule has 22 heavy (non-hydrogen) atoms. The van der Waals surface area contributed by atoms with Gasteiger partial charge in [-0.15, -0.1) is 0 Å². The SMILES string of the molecule is CCCOc1ccc(C(=O)Nc2cc(C)cc(C)c2)cc1Br. The van der Waals surface area contributed by atoms with E-state index in [2.05, 4.69) is 34.2 Å². The van der Waals surface area contributed by atoms with Crippen molar-refractivity contribution in [2.45, 2.75) is 27.2 Å². The van der Waals surface area contributed by atoms with Crippen molar-refractivity contribution in [3.05, 3.63) is 57.6 Å². The van der Waals surface area contributed by atoms with Gasteiger partial charge in [-0.1, -0.05) is 13.0 Å². The molecule has 0 aliphatic heterocycles. The van der Waals surface area contributed by atoms with Gasteiger partial charge in [0.2, 0.25) is 0 Å². The molecule has 1 N–H and O–H groups in total. The van der Waals surface area contributed by atoms with E-state index < -0.39 is 0 Å². The summed E-state index contributed by atoms with van der Waals surface area (Å²) in [4.78, 5) is 12.3. The second kappa shape index (κ2) is 7.45. The fourth-order valence-corrected chi connectivity index (χ4v) is 2.71. The summed E-state index contributed by atoms with van der Waals surface area (Å²) in [6.45, 7) is 6.74. The average Bonchev–Trinajstić information content (AvgIpc) is 2.44. The molecule has 0 aromatic heterocycles. The minimum atomic E-state index is -0.132. The topological polar surface area (TPSA) is 38.3 Å². The Hall–Kier alpha value is -1.81. The summed E-state index contributed by atoms with van der Waals surface area (Å²) in [5.41, 5.74) is 3.65. The molecule has 0 fully saturated rings. The number of amides is 1. The van der Waals surface area contributed by atoms with Gasteiger partial charge >= 0.3 is 0 Å². The van der Waals surface area contributed by atoms with Crippen molar-refractivity contribution in [2.24, 2.45) is 0 Å². The summed E-state index contributed by atoms with van der Waals surface area (Å²) in [5, 5.41) is 2.93. The molecule has 1 amide bonds. The lowest BCUT2D eigenvalue weighted by atomic mass is 10.1. The minimum absolute atomic E-state index is 0.132. The smallest absolute Gasteiger partial charge is 0.255 e. The quantitative estimate of drug-likeness (QED) is 0.803. The van der Waals surface area contributed by atoms with Crippen LogP contribution in [0.4, 0.5) is 5.69 Å². The van der Waals surface area contributed by atoms with Crippen molar-refractivity contribution in [2.75, 3.05) is 11.9 Å². The number of ether oxygens (including phenoxy) is 1. The Morgan fingerprint density at radius 1 is 1.14 bits per heavy atom. The molecule has 4 heteroatoms. The highest BCUT2D eigenvalue weighted by Gasteiger charge is 2.10. The Labute approximate surface area is 139 Å². The number of anilines is 1. The number of aryl methyl sites for hydroxylation is 2. The number of hydrogen-bond acceptors (Lipinski definition) is 2. The summed E-state index contributed by atoms with van der Waals surface area (Å²) in [6, 6.07) is 11.4. The Morgan fingerprint density at radius 2 is 1.82 bits per heavy atom. The first-order valence-corrected chi connectivity index (χ1v) is 8.11. The lowest BCUT2D eigenvalue weighted by Crippen LogP contribution is -2.12. The maximum absolute atomic E-state index is 12.3. The Bertz CT molecular complexity index is 663. The number of hydrogen-bond donors (Lipinski definition) is 1. The molecule has 0 atom stereocenters. The number of carbonyl (C=O) groups is 1. The summed E-state index contributed by atoms with van der Waals surface area (Å²) >= 11 is 3.45. The van der Waals surface area contributed by atoms with Crippen LogP contribution in [0.1, 0.15) is 34.8 Å². The lowest BCUT2D eigenvalue weighted by molar-refractivity contribution is 0.102. The maximum atomic E-state index is 12.3. The molecule has 0 spiro atoms. The normalized spacial score (nSPS) is 10.4. The van der Waals surface area contributed by atoms with Crippen molar-refractivity contribution in [1.82, 2.24) is 0 Å². The van der Waals surface area contributed by atoms with Crippen LogP contribution in [-0.4, -0.2) is 12.5 Å². The van der Waals surface area contributed by atoms with Crippen LogP contribution in [0.2, 0.25) is 0 Å². The van der Waals surface area contributed by atoms with Crippen LogP contribution in [0, 0.1) is 13.8 Å². The standard InChI is InChI=1S/C18H20BrNO2/c1-4-7-22-17-6-5-14(11-16(17)19)18(21)20-15-9-12(2)8-13(3)10-15/h5-6,8-11H,4,7H2,1-3H3,(H,20,21). The van der Waals surface area contributed by atoms with Crippen LogP contribution in [0.5, 0.6) is 5.75 Å². The molecule has 2 rings (SSSR count). The van der Waals surface area contributed by atoms with Crippen molar-refractivity contribution < 1.29 is 9.53 Å². The van der Waals surface area contributed by atoms with Gasteiger partial charge < -0.3 is 10.1 Å². The van der Waals surface area contributed by atoms with Crippen LogP contribution in [-0.2, 0) is 0 Å². The third-order valence-corrected chi connectivity index (χ3v) is 3.76. The van der Waals surface area contributed by atoms with Crippen LogP contribution >= 0.6 is 15.9 Å². The molecule has 0 aliphatic carbocycles. The monoisotopic (exact) mass is 361 g/mol. The molecule has 0 radical (unpaired) electrons. The highest BCUT2D eigenvalue weighted by atomic mass is 79.9. The summed E-state index contributed by atoms with van der Waals surface area (Å²) in [6.07, 6.45) is 0.946. The van der Waals surface area contributed by atoms with E-state index in [9.17, 15) is 4.79 Å².